The molecule has 2 rings (SSSR count). The van der Waals surface area contributed by atoms with Crippen molar-refractivity contribution in [2.75, 3.05) is 0 Å². The van der Waals surface area contributed by atoms with Crippen LogP contribution in [-0.2, 0) is 0 Å². The zero-order valence-corrected chi connectivity index (χ0v) is 14.6. The van der Waals surface area contributed by atoms with Gasteiger partial charge in [-0.1, -0.05) is 50.1 Å². The SMILES string of the molecule is CC.CC/C(=C\C=C(C)C)c1c(Cl)cc(C)n2ccnc12. The largest absolute Gasteiger partial charge is 0.304 e. The van der Waals surface area contributed by atoms with Gasteiger partial charge in [-0.25, -0.2) is 4.98 Å². The summed E-state index contributed by atoms with van der Waals surface area (Å²) in [6, 6.07) is 2.00. The van der Waals surface area contributed by atoms with Crippen molar-refractivity contribution < 1.29 is 0 Å². The Labute approximate surface area is 133 Å². The summed E-state index contributed by atoms with van der Waals surface area (Å²) in [5.41, 5.74) is 5.55. The van der Waals surface area contributed by atoms with Crippen LogP contribution in [0.15, 0.2) is 36.2 Å². The second-order valence-electron chi connectivity index (χ2n) is 4.92. The van der Waals surface area contributed by atoms with Crippen molar-refractivity contribution in [3.05, 3.63) is 52.5 Å². The van der Waals surface area contributed by atoms with E-state index in [0.29, 0.717) is 0 Å². The van der Waals surface area contributed by atoms with Gasteiger partial charge in [0.25, 0.3) is 0 Å². The highest BCUT2D eigenvalue weighted by molar-refractivity contribution is 6.33. The van der Waals surface area contributed by atoms with Gasteiger partial charge in [-0.05, 0) is 38.8 Å². The van der Waals surface area contributed by atoms with E-state index < -0.39 is 0 Å². The molecule has 3 heteroatoms. The summed E-state index contributed by atoms with van der Waals surface area (Å²) < 4.78 is 2.08. The van der Waals surface area contributed by atoms with E-state index in [4.69, 9.17) is 11.6 Å². The molecule has 0 saturated carbocycles. The zero-order valence-electron chi connectivity index (χ0n) is 13.9. The van der Waals surface area contributed by atoms with Crippen LogP contribution < -0.4 is 0 Å². The summed E-state index contributed by atoms with van der Waals surface area (Å²) in [4.78, 5) is 4.45. The maximum atomic E-state index is 6.44. The predicted octanol–water partition coefficient (Wildman–Crippen LogP) is 6.08. The summed E-state index contributed by atoms with van der Waals surface area (Å²) in [6.45, 7) is 12.4. The molecule has 21 heavy (non-hydrogen) atoms. The van der Waals surface area contributed by atoms with Crippen molar-refractivity contribution in [1.82, 2.24) is 9.38 Å². The number of aromatic nitrogens is 2. The first-order chi connectivity index (χ1) is 10.0. The van der Waals surface area contributed by atoms with Crippen molar-refractivity contribution in [2.24, 2.45) is 0 Å². The Morgan fingerprint density at radius 2 is 1.95 bits per heavy atom. The molecule has 0 aromatic carbocycles. The van der Waals surface area contributed by atoms with Gasteiger partial charge in [-0.2, -0.15) is 0 Å². The number of pyridine rings is 1. The van der Waals surface area contributed by atoms with Gasteiger partial charge in [0.05, 0.1) is 5.02 Å². The van der Waals surface area contributed by atoms with Crippen molar-refractivity contribution in [3.63, 3.8) is 0 Å². The molecule has 0 radical (unpaired) electrons. The van der Waals surface area contributed by atoms with E-state index in [9.17, 15) is 0 Å². The molecule has 0 atom stereocenters. The zero-order chi connectivity index (χ0) is 16.0. The highest BCUT2D eigenvalue weighted by Crippen LogP contribution is 2.31. The van der Waals surface area contributed by atoms with E-state index >= 15 is 0 Å². The lowest BCUT2D eigenvalue weighted by atomic mass is 10.0. The Balaban J connectivity index is 0.00000106. The van der Waals surface area contributed by atoms with Gasteiger partial charge in [-0.3, -0.25) is 0 Å². The number of fused-ring (bicyclic) bond motifs is 1. The van der Waals surface area contributed by atoms with Crippen molar-refractivity contribution in [3.8, 4) is 0 Å². The van der Waals surface area contributed by atoms with Gasteiger partial charge < -0.3 is 4.40 Å². The summed E-state index contributed by atoms with van der Waals surface area (Å²) in [7, 11) is 0. The van der Waals surface area contributed by atoms with Crippen LogP contribution in [0.2, 0.25) is 5.02 Å². The minimum absolute atomic E-state index is 0.770. The van der Waals surface area contributed by atoms with E-state index in [0.717, 1.165) is 28.3 Å². The lowest BCUT2D eigenvalue weighted by molar-refractivity contribution is 1.08. The fourth-order valence-electron chi connectivity index (χ4n) is 2.15. The van der Waals surface area contributed by atoms with Gasteiger partial charge >= 0.3 is 0 Å². The molecule has 0 saturated heterocycles. The Morgan fingerprint density at radius 3 is 2.52 bits per heavy atom. The predicted molar refractivity (Wildman–Crippen MR) is 94.0 cm³/mol. The molecule has 2 heterocycles. The van der Waals surface area contributed by atoms with Crippen LogP contribution in [-0.4, -0.2) is 9.38 Å². The highest BCUT2D eigenvalue weighted by atomic mass is 35.5. The van der Waals surface area contributed by atoms with Crippen LogP contribution in [0.25, 0.3) is 11.2 Å². The molecule has 0 unspecified atom stereocenters. The minimum atomic E-state index is 0.770. The van der Waals surface area contributed by atoms with E-state index in [1.54, 1.807) is 0 Å². The number of hydrogen-bond acceptors (Lipinski definition) is 1. The third kappa shape index (κ3) is 3.98. The second-order valence-corrected chi connectivity index (χ2v) is 5.33. The first-order valence-corrected chi connectivity index (χ1v) is 7.89. The summed E-state index contributed by atoms with van der Waals surface area (Å²) in [5.74, 6) is 0. The van der Waals surface area contributed by atoms with Crippen LogP contribution in [0.1, 0.15) is 52.3 Å². The van der Waals surface area contributed by atoms with Gasteiger partial charge in [0, 0.05) is 23.7 Å². The molecule has 114 valence electrons. The molecule has 2 aromatic heterocycles. The molecule has 2 nitrogen and oxygen atoms in total. The topological polar surface area (TPSA) is 17.3 Å². The van der Waals surface area contributed by atoms with Gasteiger partial charge in [-0.15, -0.1) is 0 Å². The molecule has 0 N–H and O–H groups in total. The minimum Gasteiger partial charge on any atom is -0.304 e. The van der Waals surface area contributed by atoms with E-state index in [1.165, 1.54) is 11.1 Å². The summed E-state index contributed by atoms with van der Waals surface area (Å²) in [6.07, 6.45) is 8.97. The average molecular weight is 305 g/mol. The van der Waals surface area contributed by atoms with Gasteiger partial charge in [0.2, 0.25) is 0 Å². The van der Waals surface area contributed by atoms with E-state index in [-0.39, 0.29) is 0 Å². The lowest BCUT2D eigenvalue weighted by Gasteiger charge is -2.11. The van der Waals surface area contributed by atoms with Gasteiger partial charge in [0.15, 0.2) is 0 Å². The third-order valence-corrected chi connectivity index (χ3v) is 3.44. The first-order valence-electron chi connectivity index (χ1n) is 7.51. The molecule has 0 bridgehead atoms. The smallest absolute Gasteiger partial charge is 0.145 e. The highest BCUT2D eigenvalue weighted by Gasteiger charge is 2.13. The molecule has 0 aliphatic rings. The number of aryl methyl sites for hydroxylation is 1. The number of halogens is 1. The van der Waals surface area contributed by atoms with Crippen molar-refractivity contribution in [1.29, 1.82) is 0 Å². The first kappa shape index (κ1) is 17.5. The number of rotatable bonds is 3. The summed E-state index contributed by atoms with van der Waals surface area (Å²) >= 11 is 6.44. The number of imidazole rings is 1. The van der Waals surface area contributed by atoms with Crippen LogP contribution in [0.3, 0.4) is 0 Å². The van der Waals surface area contributed by atoms with Crippen LogP contribution in [0.5, 0.6) is 0 Å². The molecular weight excluding hydrogens is 280 g/mol. The molecule has 0 aliphatic carbocycles. The second kappa shape index (κ2) is 8.04. The van der Waals surface area contributed by atoms with Gasteiger partial charge in [0.1, 0.15) is 5.65 Å². The maximum absolute atomic E-state index is 6.44. The Kier molecular flexibility index (Phi) is 6.70. The molecule has 0 fully saturated rings. The van der Waals surface area contributed by atoms with Crippen molar-refractivity contribution in [2.45, 2.75) is 48.0 Å². The van der Waals surface area contributed by atoms with Crippen LogP contribution >= 0.6 is 11.6 Å². The van der Waals surface area contributed by atoms with Crippen molar-refractivity contribution >= 4 is 22.8 Å². The van der Waals surface area contributed by atoms with E-state index in [1.807, 2.05) is 39.2 Å². The average Bonchev–Trinajstić information content (AvgIpc) is 2.93. The monoisotopic (exact) mass is 304 g/mol. The molecular formula is C18H25ClN2. The standard InChI is InChI=1S/C16H19ClN2.C2H6/c1-5-13(7-6-11(2)3)15-14(17)10-12(4)19-9-8-18-16(15)19;1-2/h6-10H,5H2,1-4H3;1-2H3/b13-7+;. The molecule has 2 aromatic rings. The number of nitrogens with zero attached hydrogens (tertiary/aromatic N) is 2. The molecule has 0 spiro atoms. The summed E-state index contributed by atoms with van der Waals surface area (Å²) in [5, 5.41) is 0.770. The Bertz CT molecular complexity index is 659. The fourth-order valence-corrected chi connectivity index (χ4v) is 2.51. The normalized spacial score (nSPS) is 11.1. The third-order valence-electron chi connectivity index (χ3n) is 3.14. The number of hydrogen-bond donors (Lipinski definition) is 0. The van der Waals surface area contributed by atoms with E-state index in [2.05, 4.69) is 42.3 Å². The van der Waals surface area contributed by atoms with Crippen LogP contribution in [0.4, 0.5) is 0 Å². The lowest BCUT2D eigenvalue weighted by Crippen LogP contribution is -1.97. The maximum Gasteiger partial charge on any atom is 0.145 e. The molecule has 0 amide bonds. The molecule has 0 aliphatic heterocycles. The number of allylic oxidation sites excluding steroid dienone is 4. The quantitative estimate of drug-likeness (QED) is 0.628. The van der Waals surface area contributed by atoms with Crippen LogP contribution in [0, 0.1) is 6.92 Å². The Hall–Kier alpha value is -1.54. The Morgan fingerprint density at radius 1 is 1.29 bits per heavy atom. The fraction of sp³-hybridized carbons (Fsp3) is 0.389.